The van der Waals surface area contributed by atoms with Gasteiger partial charge in [0.25, 0.3) is 0 Å². The number of benzene rings is 1. The van der Waals surface area contributed by atoms with Gasteiger partial charge in [0.1, 0.15) is 6.10 Å². The highest BCUT2D eigenvalue weighted by atomic mass is 32.2. The summed E-state index contributed by atoms with van der Waals surface area (Å²) >= 11 is 1.86. The first-order valence-electron chi connectivity index (χ1n) is 4.86. The molecule has 0 spiro atoms. The second-order valence-electron chi connectivity index (χ2n) is 3.38. The molecule has 0 aliphatic carbocycles. The highest BCUT2D eigenvalue weighted by Gasteiger charge is 2.22. The summed E-state index contributed by atoms with van der Waals surface area (Å²) in [5, 5.41) is 9.20. The van der Waals surface area contributed by atoms with Crippen molar-refractivity contribution in [1.29, 1.82) is 0 Å². The minimum atomic E-state index is -0.0214. The Hall–Kier alpha value is -0.870. The second-order valence-corrected chi connectivity index (χ2v) is 4.46. The van der Waals surface area contributed by atoms with Crippen LogP contribution in [0.25, 0.3) is 0 Å². The maximum Gasteiger partial charge on any atom is 0.167 e. The number of para-hydroxylation sites is 1. The second kappa shape index (κ2) is 4.77. The smallest absolute Gasteiger partial charge is 0.167 e. The Labute approximate surface area is 93.4 Å². The summed E-state index contributed by atoms with van der Waals surface area (Å²) in [6, 6.07) is 5.55. The van der Waals surface area contributed by atoms with Gasteiger partial charge in [0.2, 0.25) is 0 Å². The summed E-state index contributed by atoms with van der Waals surface area (Å²) in [4.78, 5) is 0. The van der Waals surface area contributed by atoms with Gasteiger partial charge in [-0.2, -0.15) is 11.8 Å². The van der Waals surface area contributed by atoms with E-state index in [1.807, 2.05) is 30.0 Å². The Kier molecular flexibility index (Phi) is 3.38. The Morgan fingerprint density at radius 3 is 2.80 bits per heavy atom. The Morgan fingerprint density at radius 1 is 1.47 bits per heavy atom. The number of ether oxygens (including phenoxy) is 2. The van der Waals surface area contributed by atoms with E-state index in [2.05, 4.69) is 0 Å². The first-order chi connectivity index (χ1) is 7.35. The highest BCUT2D eigenvalue weighted by Crippen LogP contribution is 2.34. The first-order valence-corrected chi connectivity index (χ1v) is 6.01. The number of methoxy groups -OCH3 is 1. The van der Waals surface area contributed by atoms with Crippen molar-refractivity contribution in [2.24, 2.45) is 0 Å². The van der Waals surface area contributed by atoms with Gasteiger partial charge in [-0.15, -0.1) is 0 Å². The molecule has 0 amide bonds. The van der Waals surface area contributed by atoms with Gasteiger partial charge in [0.15, 0.2) is 11.5 Å². The molecule has 1 heterocycles. The molecule has 1 aromatic carbocycles. The van der Waals surface area contributed by atoms with Gasteiger partial charge in [-0.1, -0.05) is 12.1 Å². The summed E-state index contributed by atoms with van der Waals surface area (Å²) in [6.45, 7) is -0.0214. The van der Waals surface area contributed by atoms with Crippen LogP contribution < -0.4 is 9.47 Å². The summed E-state index contributed by atoms with van der Waals surface area (Å²) in [7, 11) is 1.61. The van der Waals surface area contributed by atoms with Gasteiger partial charge in [0, 0.05) is 17.1 Å². The zero-order valence-electron chi connectivity index (χ0n) is 8.60. The zero-order chi connectivity index (χ0) is 10.7. The van der Waals surface area contributed by atoms with Crippen LogP contribution >= 0.6 is 11.8 Å². The van der Waals surface area contributed by atoms with Crippen molar-refractivity contribution in [2.45, 2.75) is 12.7 Å². The van der Waals surface area contributed by atoms with Crippen molar-refractivity contribution in [2.75, 3.05) is 18.6 Å². The van der Waals surface area contributed by atoms with E-state index in [0.29, 0.717) is 11.5 Å². The van der Waals surface area contributed by atoms with Crippen LogP contribution in [0.15, 0.2) is 18.2 Å². The molecule has 2 rings (SSSR count). The van der Waals surface area contributed by atoms with E-state index >= 15 is 0 Å². The largest absolute Gasteiger partial charge is 0.493 e. The Morgan fingerprint density at radius 2 is 2.27 bits per heavy atom. The maximum absolute atomic E-state index is 9.20. The predicted octanol–water partition coefficient (Wildman–Crippen LogP) is 1.68. The van der Waals surface area contributed by atoms with Gasteiger partial charge in [0.05, 0.1) is 13.7 Å². The van der Waals surface area contributed by atoms with Crippen LogP contribution in [-0.4, -0.2) is 29.8 Å². The van der Waals surface area contributed by atoms with Gasteiger partial charge in [-0.3, -0.25) is 0 Å². The molecular formula is C11H14O3S. The third-order valence-corrected chi connectivity index (χ3v) is 3.56. The van der Waals surface area contributed by atoms with Crippen molar-refractivity contribution in [3.8, 4) is 11.5 Å². The molecule has 0 radical (unpaired) electrons. The maximum atomic E-state index is 9.20. The van der Waals surface area contributed by atoms with Crippen molar-refractivity contribution < 1.29 is 14.6 Å². The number of rotatable bonds is 4. The lowest BCUT2D eigenvalue weighted by atomic mass is 10.2. The van der Waals surface area contributed by atoms with Crippen LogP contribution in [0.4, 0.5) is 0 Å². The molecule has 0 bridgehead atoms. The molecule has 1 saturated heterocycles. The van der Waals surface area contributed by atoms with Gasteiger partial charge in [-0.05, 0) is 6.07 Å². The molecule has 1 fully saturated rings. The summed E-state index contributed by atoms with van der Waals surface area (Å²) in [5.74, 6) is 3.41. The monoisotopic (exact) mass is 226 g/mol. The fraction of sp³-hybridized carbons (Fsp3) is 0.455. The topological polar surface area (TPSA) is 38.7 Å². The molecule has 0 aromatic heterocycles. The lowest BCUT2D eigenvalue weighted by Crippen LogP contribution is -2.31. The van der Waals surface area contributed by atoms with E-state index in [-0.39, 0.29) is 12.7 Å². The summed E-state index contributed by atoms with van der Waals surface area (Å²) in [5.41, 5.74) is 0.784. The van der Waals surface area contributed by atoms with E-state index in [4.69, 9.17) is 9.47 Å². The lowest BCUT2D eigenvalue weighted by molar-refractivity contribution is 0.214. The van der Waals surface area contributed by atoms with Crippen molar-refractivity contribution >= 4 is 11.8 Å². The zero-order valence-corrected chi connectivity index (χ0v) is 9.42. The standard InChI is InChI=1S/C11H14O3S/c1-13-10-4-2-3-8(5-12)11(10)14-9-6-15-7-9/h2-4,9,12H,5-7H2,1H3. The summed E-state index contributed by atoms with van der Waals surface area (Å²) in [6.07, 6.45) is 0.261. The molecule has 82 valence electrons. The Bertz CT molecular complexity index is 314. The highest BCUT2D eigenvalue weighted by molar-refractivity contribution is 8.00. The third kappa shape index (κ3) is 2.21. The number of hydrogen-bond acceptors (Lipinski definition) is 4. The van der Waals surface area contributed by atoms with Gasteiger partial charge >= 0.3 is 0 Å². The van der Waals surface area contributed by atoms with Gasteiger partial charge in [-0.25, -0.2) is 0 Å². The fourth-order valence-electron chi connectivity index (χ4n) is 1.43. The van der Waals surface area contributed by atoms with E-state index in [0.717, 1.165) is 17.1 Å². The average Bonchev–Trinajstić information content (AvgIpc) is 2.23. The van der Waals surface area contributed by atoms with Crippen molar-refractivity contribution in [3.05, 3.63) is 23.8 Å². The number of hydrogen-bond donors (Lipinski definition) is 1. The normalized spacial score (nSPS) is 15.9. The minimum Gasteiger partial charge on any atom is -0.493 e. The SMILES string of the molecule is COc1cccc(CO)c1OC1CSC1. The van der Waals surface area contributed by atoms with Crippen LogP contribution in [0.2, 0.25) is 0 Å². The molecule has 0 saturated carbocycles. The molecule has 15 heavy (non-hydrogen) atoms. The minimum absolute atomic E-state index is 0.0214. The van der Waals surface area contributed by atoms with Crippen LogP contribution in [0, 0.1) is 0 Å². The molecule has 1 N–H and O–H groups in total. The average molecular weight is 226 g/mol. The van der Waals surface area contributed by atoms with E-state index in [9.17, 15) is 5.11 Å². The fourth-order valence-corrected chi connectivity index (χ4v) is 1.99. The molecule has 1 aromatic rings. The van der Waals surface area contributed by atoms with E-state index in [1.165, 1.54) is 0 Å². The number of thioether (sulfide) groups is 1. The number of aliphatic hydroxyl groups is 1. The molecule has 0 atom stereocenters. The molecule has 1 aliphatic rings. The van der Waals surface area contributed by atoms with Crippen molar-refractivity contribution in [3.63, 3.8) is 0 Å². The molecule has 0 unspecified atom stereocenters. The number of aliphatic hydroxyl groups excluding tert-OH is 1. The van der Waals surface area contributed by atoms with E-state index < -0.39 is 0 Å². The van der Waals surface area contributed by atoms with Crippen LogP contribution in [0.5, 0.6) is 11.5 Å². The predicted molar refractivity (Wildman–Crippen MR) is 60.7 cm³/mol. The Balaban J connectivity index is 2.23. The summed E-state index contributed by atoms with van der Waals surface area (Å²) < 4.78 is 11.0. The molecule has 3 nitrogen and oxygen atoms in total. The van der Waals surface area contributed by atoms with E-state index in [1.54, 1.807) is 7.11 Å². The first kappa shape index (κ1) is 10.6. The van der Waals surface area contributed by atoms with Gasteiger partial charge < -0.3 is 14.6 Å². The van der Waals surface area contributed by atoms with Crippen molar-refractivity contribution in [1.82, 2.24) is 0 Å². The van der Waals surface area contributed by atoms with Crippen LogP contribution in [-0.2, 0) is 6.61 Å². The molecular weight excluding hydrogens is 212 g/mol. The molecule has 1 aliphatic heterocycles. The quantitative estimate of drug-likeness (QED) is 0.847. The third-order valence-electron chi connectivity index (χ3n) is 2.34. The van der Waals surface area contributed by atoms with Crippen LogP contribution in [0.1, 0.15) is 5.56 Å². The van der Waals surface area contributed by atoms with Crippen LogP contribution in [0.3, 0.4) is 0 Å². The lowest BCUT2D eigenvalue weighted by Gasteiger charge is -2.27. The molecule has 4 heteroatoms.